The molecule has 2 aromatic heterocycles. The van der Waals surface area contributed by atoms with Crippen molar-refractivity contribution in [3.8, 4) is 0 Å². The third kappa shape index (κ3) is 2.00. The molecule has 5 heteroatoms. The van der Waals surface area contributed by atoms with Gasteiger partial charge >= 0.3 is 0 Å². The smallest absolute Gasteiger partial charge is 0.150 e. The summed E-state index contributed by atoms with van der Waals surface area (Å²) in [4.78, 5) is 11.7. The Labute approximate surface area is 105 Å². The lowest BCUT2D eigenvalue weighted by molar-refractivity contribution is 0.585. The maximum atomic E-state index is 4.71. The molecule has 0 radical (unpaired) electrons. The highest BCUT2D eigenvalue weighted by Gasteiger charge is 2.16. The summed E-state index contributed by atoms with van der Waals surface area (Å²) < 4.78 is 1.23. The summed E-state index contributed by atoms with van der Waals surface area (Å²) in [6, 6.07) is 2.09. The third-order valence-electron chi connectivity index (χ3n) is 3.06. The number of nitrogens with zero attached hydrogens (tertiary/aromatic N) is 3. The molecule has 0 unspecified atom stereocenters. The van der Waals surface area contributed by atoms with Crippen molar-refractivity contribution in [1.29, 1.82) is 0 Å². The van der Waals surface area contributed by atoms with Crippen LogP contribution in [0.25, 0.3) is 10.2 Å². The van der Waals surface area contributed by atoms with Crippen molar-refractivity contribution in [2.45, 2.75) is 13.3 Å². The van der Waals surface area contributed by atoms with Crippen LogP contribution in [0.1, 0.15) is 12.7 Å². The van der Waals surface area contributed by atoms with Gasteiger partial charge in [-0.3, -0.25) is 0 Å². The minimum absolute atomic E-state index is 0.894. The van der Waals surface area contributed by atoms with Crippen LogP contribution in [0.5, 0.6) is 0 Å². The molecule has 0 atom stereocenters. The second kappa shape index (κ2) is 4.58. The van der Waals surface area contributed by atoms with Gasteiger partial charge in [-0.15, -0.1) is 11.3 Å². The fourth-order valence-electron chi connectivity index (χ4n) is 2.14. The number of nitrogens with one attached hydrogen (secondary N) is 1. The summed E-state index contributed by atoms with van der Waals surface area (Å²) in [5.41, 5.74) is 1.09. The van der Waals surface area contributed by atoms with E-state index in [2.05, 4.69) is 33.6 Å². The summed E-state index contributed by atoms with van der Waals surface area (Å²) in [6.07, 6.45) is 0.894. The van der Waals surface area contributed by atoms with Crippen molar-refractivity contribution in [2.24, 2.45) is 0 Å². The highest BCUT2D eigenvalue weighted by molar-refractivity contribution is 7.17. The Hall–Kier alpha value is -1.20. The fourth-order valence-corrected chi connectivity index (χ4v) is 2.99. The van der Waals surface area contributed by atoms with E-state index in [0.717, 1.165) is 49.8 Å². The third-order valence-corrected chi connectivity index (χ3v) is 3.96. The molecule has 0 aliphatic carbocycles. The number of aromatic nitrogens is 2. The predicted molar refractivity (Wildman–Crippen MR) is 71.9 cm³/mol. The van der Waals surface area contributed by atoms with Gasteiger partial charge in [-0.1, -0.05) is 6.92 Å². The van der Waals surface area contributed by atoms with Gasteiger partial charge in [0, 0.05) is 32.6 Å². The molecular formula is C12H16N4S. The molecular weight excluding hydrogens is 232 g/mol. The lowest BCUT2D eigenvalue weighted by atomic mass is 10.3. The Bertz CT molecular complexity index is 516. The number of aryl methyl sites for hydroxylation is 1. The van der Waals surface area contributed by atoms with Crippen molar-refractivity contribution in [3.63, 3.8) is 0 Å². The van der Waals surface area contributed by atoms with Gasteiger partial charge in [-0.25, -0.2) is 9.97 Å². The molecule has 90 valence electrons. The maximum Gasteiger partial charge on any atom is 0.150 e. The molecule has 1 aliphatic rings. The molecule has 1 aliphatic heterocycles. The molecule has 4 nitrogen and oxygen atoms in total. The van der Waals surface area contributed by atoms with Crippen molar-refractivity contribution in [1.82, 2.24) is 15.3 Å². The molecule has 0 bridgehead atoms. The van der Waals surface area contributed by atoms with Gasteiger partial charge in [0.05, 0.1) is 10.2 Å². The van der Waals surface area contributed by atoms with E-state index >= 15 is 0 Å². The normalized spacial score (nSPS) is 16.6. The number of thiophene rings is 1. The molecule has 0 aromatic carbocycles. The first-order valence-corrected chi connectivity index (χ1v) is 6.96. The molecule has 0 spiro atoms. The summed E-state index contributed by atoms with van der Waals surface area (Å²) in [5, 5.41) is 5.47. The number of anilines is 1. The number of rotatable bonds is 2. The van der Waals surface area contributed by atoms with Crippen LogP contribution in [0.2, 0.25) is 0 Å². The summed E-state index contributed by atoms with van der Waals surface area (Å²) in [7, 11) is 0. The second-order valence-corrected chi connectivity index (χ2v) is 5.11. The molecule has 0 amide bonds. The first-order valence-electron chi connectivity index (χ1n) is 6.08. The van der Waals surface area contributed by atoms with Crippen LogP contribution in [0.4, 0.5) is 5.82 Å². The molecule has 1 fully saturated rings. The van der Waals surface area contributed by atoms with Crippen LogP contribution in [0, 0.1) is 0 Å². The molecule has 0 saturated carbocycles. The van der Waals surface area contributed by atoms with Gasteiger partial charge < -0.3 is 10.2 Å². The topological polar surface area (TPSA) is 41.1 Å². The van der Waals surface area contributed by atoms with Crippen LogP contribution in [-0.4, -0.2) is 36.1 Å². The number of fused-ring (bicyclic) bond motifs is 1. The van der Waals surface area contributed by atoms with Gasteiger partial charge in [0.1, 0.15) is 11.6 Å². The predicted octanol–water partition coefficient (Wildman–Crippen LogP) is 1.66. The van der Waals surface area contributed by atoms with E-state index in [-0.39, 0.29) is 0 Å². The molecule has 17 heavy (non-hydrogen) atoms. The van der Waals surface area contributed by atoms with Gasteiger partial charge in [-0.2, -0.15) is 0 Å². The van der Waals surface area contributed by atoms with Gasteiger partial charge in [0.15, 0.2) is 0 Å². The zero-order valence-electron chi connectivity index (χ0n) is 9.94. The minimum atomic E-state index is 0.894. The molecule has 1 saturated heterocycles. The monoisotopic (exact) mass is 248 g/mol. The Morgan fingerprint density at radius 2 is 2.18 bits per heavy atom. The molecule has 3 heterocycles. The van der Waals surface area contributed by atoms with Crippen LogP contribution in [0.15, 0.2) is 11.4 Å². The number of hydrogen-bond donors (Lipinski definition) is 1. The largest absolute Gasteiger partial charge is 0.353 e. The van der Waals surface area contributed by atoms with Gasteiger partial charge in [0.25, 0.3) is 0 Å². The van der Waals surface area contributed by atoms with Crippen LogP contribution < -0.4 is 10.2 Å². The van der Waals surface area contributed by atoms with E-state index in [1.807, 2.05) is 0 Å². The van der Waals surface area contributed by atoms with Crippen LogP contribution >= 0.6 is 11.3 Å². The first-order chi connectivity index (χ1) is 8.38. The lowest BCUT2D eigenvalue weighted by Crippen LogP contribution is -2.44. The fraction of sp³-hybridized carbons (Fsp3) is 0.500. The number of hydrogen-bond acceptors (Lipinski definition) is 5. The van der Waals surface area contributed by atoms with E-state index in [0.29, 0.717) is 0 Å². The maximum absolute atomic E-state index is 4.71. The Morgan fingerprint density at radius 1 is 1.35 bits per heavy atom. The lowest BCUT2D eigenvalue weighted by Gasteiger charge is -2.28. The van der Waals surface area contributed by atoms with Gasteiger partial charge in [0.2, 0.25) is 0 Å². The van der Waals surface area contributed by atoms with Crippen LogP contribution in [0.3, 0.4) is 0 Å². The van der Waals surface area contributed by atoms with E-state index in [9.17, 15) is 0 Å². The molecule has 1 N–H and O–H groups in total. The van der Waals surface area contributed by atoms with Crippen molar-refractivity contribution >= 4 is 27.4 Å². The van der Waals surface area contributed by atoms with E-state index in [1.165, 1.54) is 4.70 Å². The summed E-state index contributed by atoms with van der Waals surface area (Å²) >= 11 is 1.74. The quantitative estimate of drug-likeness (QED) is 0.877. The minimum Gasteiger partial charge on any atom is -0.353 e. The van der Waals surface area contributed by atoms with E-state index in [4.69, 9.17) is 4.98 Å². The SMILES string of the molecule is CCc1nc(N2CCNCC2)c2sccc2n1. The Morgan fingerprint density at radius 3 is 2.94 bits per heavy atom. The Balaban J connectivity index is 2.08. The zero-order chi connectivity index (χ0) is 11.7. The van der Waals surface area contributed by atoms with Crippen molar-refractivity contribution < 1.29 is 0 Å². The van der Waals surface area contributed by atoms with E-state index < -0.39 is 0 Å². The van der Waals surface area contributed by atoms with Crippen LogP contribution in [-0.2, 0) is 6.42 Å². The zero-order valence-corrected chi connectivity index (χ0v) is 10.8. The highest BCUT2D eigenvalue weighted by atomic mass is 32.1. The highest BCUT2D eigenvalue weighted by Crippen LogP contribution is 2.29. The molecule has 3 rings (SSSR count). The standard InChI is InChI=1S/C12H16N4S/c1-2-10-14-9-3-8-17-11(9)12(15-10)16-6-4-13-5-7-16/h3,8,13H,2,4-7H2,1H3. The first kappa shape index (κ1) is 10.9. The van der Waals surface area contributed by atoms with Crippen molar-refractivity contribution in [3.05, 3.63) is 17.3 Å². The molecule has 2 aromatic rings. The second-order valence-electron chi connectivity index (χ2n) is 4.19. The van der Waals surface area contributed by atoms with Crippen molar-refractivity contribution in [2.75, 3.05) is 31.1 Å². The Kier molecular flexibility index (Phi) is 2.94. The average molecular weight is 248 g/mol. The van der Waals surface area contributed by atoms with Gasteiger partial charge in [-0.05, 0) is 11.4 Å². The van der Waals surface area contributed by atoms with E-state index in [1.54, 1.807) is 11.3 Å². The number of piperazine rings is 1. The average Bonchev–Trinajstić information content (AvgIpc) is 2.86. The summed E-state index contributed by atoms with van der Waals surface area (Å²) in [6.45, 7) is 6.26. The summed E-state index contributed by atoms with van der Waals surface area (Å²) in [5.74, 6) is 2.08.